The Morgan fingerprint density at radius 2 is 1.77 bits per heavy atom. The summed E-state index contributed by atoms with van der Waals surface area (Å²) in [5, 5.41) is 19.5. The number of benzene rings is 3. The van der Waals surface area contributed by atoms with Crippen molar-refractivity contribution >= 4 is 27.6 Å². The third-order valence-corrected chi connectivity index (χ3v) is 9.90. The zero-order valence-electron chi connectivity index (χ0n) is 28.0. The Morgan fingerprint density at radius 3 is 2.44 bits per heavy atom. The minimum atomic E-state index is -3.91. The fraction of sp³-hybridized carbons (Fsp3) is 0.444. The van der Waals surface area contributed by atoms with Crippen molar-refractivity contribution in [1.29, 1.82) is 0 Å². The number of sulfonamides is 1. The van der Waals surface area contributed by atoms with Crippen LogP contribution >= 0.6 is 0 Å². The molecule has 4 atom stereocenters. The van der Waals surface area contributed by atoms with E-state index in [-0.39, 0.29) is 53.0 Å². The van der Waals surface area contributed by atoms with Crippen molar-refractivity contribution in [3.8, 4) is 5.75 Å². The first kappa shape index (κ1) is 36.9. The van der Waals surface area contributed by atoms with Crippen molar-refractivity contribution in [2.45, 2.75) is 69.7 Å². The molecule has 12 heteroatoms. The number of carboxylic acids is 1. The van der Waals surface area contributed by atoms with Crippen LogP contribution in [0.1, 0.15) is 66.3 Å². The van der Waals surface area contributed by atoms with E-state index in [1.807, 2.05) is 20.9 Å². The molecule has 0 aromatic heterocycles. The molecule has 0 unspecified atom stereocenters. The number of aromatic carboxylic acids is 1. The Balaban J connectivity index is 1.61. The summed E-state index contributed by atoms with van der Waals surface area (Å²) in [6, 6.07) is 18.9. The van der Waals surface area contributed by atoms with E-state index in [1.165, 1.54) is 18.2 Å². The van der Waals surface area contributed by atoms with Crippen LogP contribution in [0, 0.1) is 5.92 Å². The fourth-order valence-electron chi connectivity index (χ4n) is 5.70. The molecule has 0 radical (unpaired) electrons. The van der Waals surface area contributed by atoms with E-state index in [9.17, 15) is 28.2 Å². The number of ether oxygens (including phenoxy) is 2. The molecule has 260 valence electrons. The number of likely N-dealkylation sites (N-methyl/N-ethyl adjacent to an activating group) is 1. The minimum Gasteiger partial charge on any atom is -0.490 e. The van der Waals surface area contributed by atoms with Crippen LogP contribution in [0.25, 0.3) is 0 Å². The maximum absolute atomic E-state index is 14.4. The molecule has 0 bridgehead atoms. The average molecular weight is 682 g/mol. The largest absolute Gasteiger partial charge is 0.490 e. The van der Waals surface area contributed by atoms with Gasteiger partial charge in [0.1, 0.15) is 5.75 Å². The zero-order chi connectivity index (χ0) is 34.8. The Hall–Kier alpha value is -3.97. The number of aliphatic hydroxyl groups is 1. The second-order valence-electron chi connectivity index (χ2n) is 12.6. The maximum Gasteiger partial charge on any atom is 0.335 e. The van der Waals surface area contributed by atoms with Crippen LogP contribution in [0.15, 0.2) is 77.7 Å². The number of carbonyl (C=O) groups is 2. The summed E-state index contributed by atoms with van der Waals surface area (Å²) in [5.74, 6) is -1.17. The van der Waals surface area contributed by atoms with E-state index < -0.39 is 27.9 Å². The summed E-state index contributed by atoms with van der Waals surface area (Å²) in [6.07, 6.45) is 1.92. The lowest BCUT2D eigenvalue weighted by Crippen LogP contribution is -2.47. The third-order valence-electron chi connectivity index (χ3n) is 8.50. The number of hydrogen-bond acceptors (Lipinski definition) is 8. The van der Waals surface area contributed by atoms with E-state index in [1.54, 1.807) is 66.4 Å². The minimum absolute atomic E-state index is 0.0962. The van der Waals surface area contributed by atoms with E-state index >= 15 is 0 Å². The molecule has 3 N–H and O–H groups in total. The van der Waals surface area contributed by atoms with Crippen LogP contribution < -0.4 is 9.46 Å². The van der Waals surface area contributed by atoms with Crippen molar-refractivity contribution < 1.29 is 37.7 Å². The second-order valence-corrected chi connectivity index (χ2v) is 14.3. The number of nitrogens with one attached hydrogen (secondary N) is 1. The van der Waals surface area contributed by atoms with Gasteiger partial charge in [-0.2, -0.15) is 0 Å². The first-order valence-corrected chi connectivity index (χ1v) is 17.8. The van der Waals surface area contributed by atoms with E-state index in [0.29, 0.717) is 25.4 Å². The van der Waals surface area contributed by atoms with E-state index in [2.05, 4.69) is 9.62 Å². The van der Waals surface area contributed by atoms with Crippen LogP contribution in [0.5, 0.6) is 5.75 Å². The van der Waals surface area contributed by atoms with Crippen molar-refractivity contribution in [1.82, 2.24) is 9.80 Å². The number of fused-ring (bicyclic) bond motifs is 1. The van der Waals surface area contributed by atoms with Crippen LogP contribution in [0.3, 0.4) is 0 Å². The molecule has 4 rings (SSSR count). The summed E-state index contributed by atoms with van der Waals surface area (Å²) in [7, 11) is -1.94. The lowest BCUT2D eigenvalue weighted by atomic mass is 10.0. The molecule has 3 aromatic rings. The molecule has 0 fully saturated rings. The van der Waals surface area contributed by atoms with E-state index in [0.717, 1.165) is 24.8 Å². The van der Waals surface area contributed by atoms with Crippen LogP contribution in [-0.4, -0.2) is 91.9 Å². The molecule has 48 heavy (non-hydrogen) atoms. The van der Waals surface area contributed by atoms with Gasteiger partial charge in [0.25, 0.3) is 15.9 Å². The van der Waals surface area contributed by atoms with Crippen molar-refractivity contribution in [2.24, 2.45) is 5.92 Å². The first-order valence-electron chi connectivity index (χ1n) is 16.3. The highest BCUT2D eigenvalue weighted by atomic mass is 32.2. The molecule has 0 saturated carbocycles. The number of rotatable bonds is 10. The monoisotopic (exact) mass is 681 g/mol. The van der Waals surface area contributed by atoms with Gasteiger partial charge >= 0.3 is 5.97 Å². The summed E-state index contributed by atoms with van der Waals surface area (Å²) >= 11 is 0. The average Bonchev–Trinajstić information content (AvgIpc) is 3.06. The maximum atomic E-state index is 14.4. The molecule has 0 spiro atoms. The van der Waals surface area contributed by atoms with Gasteiger partial charge in [-0.1, -0.05) is 37.3 Å². The van der Waals surface area contributed by atoms with Gasteiger partial charge < -0.3 is 24.6 Å². The molecule has 1 amide bonds. The Bertz CT molecular complexity index is 1620. The van der Waals surface area contributed by atoms with Gasteiger partial charge in [0.15, 0.2) is 0 Å². The van der Waals surface area contributed by atoms with Gasteiger partial charge in [0.2, 0.25) is 0 Å². The SMILES string of the molecule is C[C@@H]1CCCCO[C@H](CN(C)Cc2ccc(C(=O)O)cc2)[C@@H](C)CN([C@H](C)CO)C(=O)c2cc(NS(=O)(=O)c3ccccc3)ccc2O1. The Kier molecular flexibility index (Phi) is 13.0. The molecule has 1 aliphatic heterocycles. The highest BCUT2D eigenvalue weighted by Gasteiger charge is 2.30. The standard InChI is InChI=1S/C36H47N3O8S/c1-25-21-39(26(2)24-40)35(41)32-20-30(37-48(44,45)31-11-6-5-7-12-31)17-18-33(32)47-27(3)10-8-9-19-46-34(25)23-38(4)22-28-13-15-29(16-14-28)36(42)43/h5-7,11-18,20,25-27,34,37,40H,8-10,19,21-24H2,1-4H3,(H,42,43)/t25-,26+,27+,34+/m0/s1. The van der Waals surface area contributed by atoms with Gasteiger partial charge in [0.05, 0.1) is 40.9 Å². The number of hydrogen-bond donors (Lipinski definition) is 3. The Labute approximate surface area is 283 Å². The highest BCUT2D eigenvalue weighted by molar-refractivity contribution is 7.92. The quantitative estimate of drug-likeness (QED) is 0.266. The van der Waals surface area contributed by atoms with E-state index in [4.69, 9.17) is 9.47 Å². The van der Waals surface area contributed by atoms with Crippen LogP contribution in [0.4, 0.5) is 5.69 Å². The van der Waals surface area contributed by atoms with Crippen LogP contribution in [0.2, 0.25) is 0 Å². The molecule has 1 aliphatic rings. The smallest absolute Gasteiger partial charge is 0.335 e. The second kappa shape index (κ2) is 16.9. The number of carbonyl (C=O) groups excluding carboxylic acids is 1. The zero-order valence-corrected chi connectivity index (χ0v) is 28.9. The van der Waals surface area contributed by atoms with Gasteiger partial charge in [-0.3, -0.25) is 14.4 Å². The molecular formula is C36H47N3O8S. The number of carboxylic acid groups (broad SMARTS) is 1. The normalized spacial score (nSPS) is 20.3. The topological polar surface area (TPSA) is 146 Å². The van der Waals surface area contributed by atoms with Crippen LogP contribution in [-0.2, 0) is 21.3 Å². The van der Waals surface area contributed by atoms with Crippen molar-refractivity contribution in [3.05, 3.63) is 89.5 Å². The highest BCUT2D eigenvalue weighted by Crippen LogP contribution is 2.29. The summed E-state index contributed by atoms with van der Waals surface area (Å²) < 4.78 is 41.5. The molecule has 0 aliphatic carbocycles. The Morgan fingerprint density at radius 1 is 1.06 bits per heavy atom. The summed E-state index contributed by atoms with van der Waals surface area (Å²) in [5.41, 5.74) is 1.60. The number of nitrogens with zero attached hydrogens (tertiary/aromatic N) is 2. The first-order chi connectivity index (χ1) is 22.9. The number of anilines is 1. The van der Waals surface area contributed by atoms with Gasteiger partial charge in [-0.05, 0) is 88.2 Å². The molecular weight excluding hydrogens is 634 g/mol. The molecule has 3 aromatic carbocycles. The fourth-order valence-corrected chi connectivity index (χ4v) is 6.77. The predicted octanol–water partition coefficient (Wildman–Crippen LogP) is 5.11. The number of aliphatic hydroxyl groups excluding tert-OH is 1. The summed E-state index contributed by atoms with van der Waals surface area (Å²) in [6.45, 7) is 7.37. The molecule has 11 nitrogen and oxygen atoms in total. The van der Waals surface area contributed by atoms with Crippen molar-refractivity contribution in [3.63, 3.8) is 0 Å². The molecule has 1 heterocycles. The summed E-state index contributed by atoms with van der Waals surface area (Å²) in [4.78, 5) is 29.4. The van der Waals surface area contributed by atoms with Gasteiger partial charge in [0, 0.05) is 37.8 Å². The van der Waals surface area contributed by atoms with Gasteiger partial charge in [-0.25, -0.2) is 13.2 Å². The van der Waals surface area contributed by atoms with Crippen molar-refractivity contribution in [2.75, 3.05) is 38.1 Å². The number of amides is 1. The molecule has 0 saturated heterocycles. The third kappa shape index (κ3) is 10.0. The lowest BCUT2D eigenvalue weighted by Gasteiger charge is -2.36. The lowest BCUT2D eigenvalue weighted by molar-refractivity contribution is -0.0177. The van der Waals surface area contributed by atoms with Gasteiger partial charge in [-0.15, -0.1) is 0 Å². The predicted molar refractivity (Wildman–Crippen MR) is 184 cm³/mol.